The lowest BCUT2D eigenvalue weighted by molar-refractivity contribution is -0.121. The van der Waals surface area contributed by atoms with Crippen LogP contribution in [0, 0.1) is 0 Å². The first kappa shape index (κ1) is 15.5. The number of carbonyl (C=O) groups is 1. The largest absolute Gasteiger partial charge is 0.356 e. The number of para-hydroxylation sites is 2. The van der Waals surface area contributed by atoms with Crippen LogP contribution in [0.3, 0.4) is 0 Å². The molecule has 6 heteroatoms. The summed E-state index contributed by atoms with van der Waals surface area (Å²) in [6.07, 6.45) is 2.47. The molecule has 2 aromatic rings. The van der Waals surface area contributed by atoms with Crippen molar-refractivity contribution in [3.8, 4) is 0 Å². The van der Waals surface area contributed by atoms with Gasteiger partial charge in [-0.25, -0.2) is 4.98 Å². The zero-order valence-electron chi connectivity index (χ0n) is 13.4. The summed E-state index contributed by atoms with van der Waals surface area (Å²) in [5.41, 5.74) is 1.48. The number of amides is 1. The van der Waals surface area contributed by atoms with E-state index in [2.05, 4.69) is 15.2 Å². The topological polar surface area (TPSA) is 67.2 Å². The molecule has 1 aromatic carbocycles. The van der Waals surface area contributed by atoms with Crippen molar-refractivity contribution >= 4 is 22.8 Å². The minimum absolute atomic E-state index is 0.0389. The van der Waals surface area contributed by atoms with Gasteiger partial charge in [0.25, 0.3) is 5.56 Å². The number of carbonyl (C=O) groups excluding carboxylic acids is 1. The molecular formula is C17H22N4O2. The summed E-state index contributed by atoms with van der Waals surface area (Å²) in [4.78, 5) is 31.2. The van der Waals surface area contributed by atoms with Crippen molar-refractivity contribution in [3.05, 3.63) is 34.6 Å². The van der Waals surface area contributed by atoms with E-state index in [9.17, 15) is 9.59 Å². The van der Waals surface area contributed by atoms with E-state index in [1.807, 2.05) is 31.2 Å². The Balaban J connectivity index is 2.01. The van der Waals surface area contributed by atoms with Crippen molar-refractivity contribution in [1.82, 2.24) is 14.9 Å². The van der Waals surface area contributed by atoms with Crippen LogP contribution in [-0.2, 0) is 11.3 Å². The predicted octanol–water partition coefficient (Wildman–Crippen LogP) is 1.52. The molecule has 2 heterocycles. The normalized spacial score (nSPS) is 14.4. The Morgan fingerprint density at radius 3 is 2.74 bits per heavy atom. The molecule has 6 nitrogen and oxygen atoms in total. The number of nitrogens with zero attached hydrogens (tertiary/aromatic N) is 3. The summed E-state index contributed by atoms with van der Waals surface area (Å²) >= 11 is 0. The van der Waals surface area contributed by atoms with Gasteiger partial charge in [-0.15, -0.1) is 0 Å². The molecule has 1 amide bonds. The van der Waals surface area contributed by atoms with Crippen LogP contribution >= 0.6 is 0 Å². The molecule has 0 unspecified atom stereocenters. The molecule has 1 saturated heterocycles. The van der Waals surface area contributed by atoms with Crippen LogP contribution in [0.2, 0.25) is 0 Å². The van der Waals surface area contributed by atoms with Crippen LogP contribution in [-0.4, -0.2) is 35.1 Å². The fraction of sp³-hybridized carbons (Fsp3) is 0.471. The fourth-order valence-corrected chi connectivity index (χ4v) is 3.03. The lowest BCUT2D eigenvalue weighted by Crippen LogP contribution is -2.33. The highest BCUT2D eigenvalue weighted by Gasteiger charge is 2.20. The van der Waals surface area contributed by atoms with Crippen molar-refractivity contribution in [2.75, 3.05) is 24.5 Å². The van der Waals surface area contributed by atoms with E-state index < -0.39 is 0 Å². The highest BCUT2D eigenvalue weighted by molar-refractivity contribution is 5.78. The average Bonchev–Trinajstić information content (AvgIpc) is 3.08. The Bertz CT molecular complexity index is 763. The van der Waals surface area contributed by atoms with E-state index in [0.717, 1.165) is 37.0 Å². The van der Waals surface area contributed by atoms with Gasteiger partial charge in [-0.3, -0.25) is 9.59 Å². The van der Waals surface area contributed by atoms with Gasteiger partial charge in [-0.2, -0.15) is 0 Å². The third-order valence-electron chi connectivity index (χ3n) is 4.18. The van der Waals surface area contributed by atoms with Gasteiger partial charge in [-0.05, 0) is 31.9 Å². The SMILES string of the molecule is CCNC(=O)CCn1c(=O)c(N2CCCC2)nc2ccccc21. The first-order valence-electron chi connectivity index (χ1n) is 8.22. The number of nitrogens with one attached hydrogen (secondary N) is 1. The number of aromatic nitrogens is 2. The van der Waals surface area contributed by atoms with Crippen molar-refractivity contribution in [1.29, 1.82) is 0 Å². The molecule has 1 fully saturated rings. The maximum atomic E-state index is 12.9. The van der Waals surface area contributed by atoms with E-state index in [4.69, 9.17) is 0 Å². The van der Waals surface area contributed by atoms with Crippen molar-refractivity contribution in [3.63, 3.8) is 0 Å². The van der Waals surface area contributed by atoms with Crippen molar-refractivity contribution in [2.45, 2.75) is 32.7 Å². The van der Waals surface area contributed by atoms with Gasteiger partial charge in [0.1, 0.15) is 0 Å². The van der Waals surface area contributed by atoms with Gasteiger partial charge in [0.05, 0.1) is 11.0 Å². The Morgan fingerprint density at radius 2 is 2.00 bits per heavy atom. The van der Waals surface area contributed by atoms with E-state index in [-0.39, 0.29) is 11.5 Å². The molecule has 0 bridgehead atoms. The van der Waals surface area contributed by atoms with E-state index in [0.29, 0.717) is 25.3 Å². The summed E-state index contributed by atoms with van der Waals surface area (Å²) in [5.74, 6) is 0.472. The summed E-state index contributed by atoms with van der Waals surface area (Å²) < 4.78 is 1.69. The third kappa shape index (κ3) is 3.21. The molecule has 3 rings (SSSR count). The number of benzene rings is 1. The number of aryl methyl sites for hydroxylation is 1. The summed E-state index contributed by atoms with van der Waals surface area (Å²) in [6.45, 7) is 4.60. The zero-order valence-corrected chi connectivity index (χ0v) is 13.4. The molecule has 0 atom stereocenters. The molecule has 1 aromatic heterocycles. The predicted molar refractivity (Wildman–Crippen MR) is 90.8 cm³/mol. The van der Waals surface area contributed by atoms with Crippen molar-refractivity contribution in [2.24, 2.45) is 0 Å². The zero-order chi connectivity index (χ0) is 16.2. The second kappa shape index (κ2) is 6.81. The van der Waals surface area contributed by atoms with Crippen LogP contribution in [0.15, 0.2) is 29.1 Å². The number of rotatable bonds is 5. The van der Waals surface area contributed by atoms with E-state index in [1.54, 1.807) is 4.57 Å². The number of anilines is 1. The van der Waals surface area contributed by atoms with Gasteiger partial charge >= 0.3 is 0 Å². The van der Waals surface area contributed by atoms with E-state index in [1.165, 1.54) is 0 Å². The molecule has 1 N–H and O–H groups in total. The van der Waals surface area contributed by atoms with Gasteiger partial charge in [0.15, 0.2) is 5.82 Å². The number of hydrogen-bond acceptors (Lipinski definition) is 4. The first-order valence-corrected chi connectivity index (χ1v) is 8.22. The molecule has 1 aliphatic heterocycles. The summed E-state index contributed by atoms with van der Waals surface area (Å²) in [5, 5.41) is 2.77. The third-order valence-corrected chi connectivity index (χ3v) is 4.18. The maximum absolute atomic E-state index is 12.9. The maximum Gasteiger partial charge on any atom is 0.294 e. The number of fused-ring (bicyclic) bond motifs is 1. The molecule has 23 heavy (non-hydrogen) atoms. The van der Waals surface area contributed by atoms with Crippen molar-refractivity contribution < 1.29 is 4.79 Å². The minimum atomic E-state index is -0.102. The Hall–Kier alpha value is -2.37. The standard InChI is InChI=1S/C17H22N4O2/c1-2-18-15(22)9-12-21-14-8-4-3-7-13(14)19-16(17(21)23)20-10-5-6-11-20/h3-4,7-8H,2,5-6,9-12H2,1H3,(H,18,22). The summed E-state index contributed by atoms with van der Waals surface area (Å²) in [6, 6.07) is 7.61. The molecule has 122 valence electrons. The molecule has 0 aliphatic carbocycles. The Kier molecular flexibility index (Phi) is 4.60. The second-order valence-electron chi connectivity index (χ2n) is 5.78. The Labute approximate surface area is 135 Å². The van der Waals surface area contributed by atoms with Gasteiger partial charge in [-0.1, -0.05) is 12.1 Å². The highest BCUT2D eigenvalue weighted by atomic mass is 16.2. The second-order valence-corrected chi connectivity index (χ2v) is 5.78. The Morgan fingerprint density at radius 1 is 1.26 bits per heavy atom. The van der Waals surface area contributed by atoms with Gasteiger partial charge in [0, 0.05) is 32.6 Å². The molecular weight excluding hydrogens is 292 g/mol. The quantitative estimate of drug-likeness (QED) is 0.909. The van der Waals surface area contributed by atoms with Crippen LogP contribution < -0.4 is 15.8 Å². The van der Waals surface area contributed by atoms with Crippen LogP contribution in [0.4, 0.5) is 5.82 Å². The lowest BCUT2D eigenvalue weighted by Gasteiger charge is -2.18. The smallest absolute Gasteiger partial charge is 0.294 e. The lowest BCUT2D eigenvalue weighted by atomic mass is 10.2. The van der Waals surface area contributed by atoms with Crippen LogP contribution in [0.5, 0.6) is 0 Å². The fourth-order valence-electron chi connectivity index (χ4n) is 3.03. The van der Waals surface area contributed by atoms with E-state index >= 15 is 0 Å². The first-order chi connectivity index (χ1) is 11.2. The molecule has 0 saturated carbocycles. The van der Waals surface area contributed by atoms with Gasteiger partial charge < -0.3 is 14.8 Å². The van der Waals surface area contributed by atoms with Gasteiger partial charge in [0.2, 0.25) is 5.91 Å². The molecule has 0 spiro atoms. The molecule has 1 aliphatic rings. The van der Waals surface area contributed by atoms with Crippen LogP contribution in [0.25, 0.3) is 11.0 Å². The minimum Gasteiger partial charge on any atom is -0.356 e. The number of hydrogen-bond donors (Lipinski definition) is 1. The average molecular weight is 314 g/mol. The highest BCUT2D eigenvalue weighted by Crippen LogP contribution is 2.18. The monoisotopic (exact) mass is 314 g/mol. The van der Waals surface area contributed by atoms with Crippen LogP contribution in [0.1, 0.15) is 26.2 Å². The molecule has 0 radical (unpaired) electrons. The summed E-state index contributed by atoms with van der Waals surface area (Å²) in [7, 11) is 0.